The second-order valence-corrected chi connectivity index (χ2v) is 10.2. The molecule has 27 heavy (non-hydrogen) atoms. The van der Waals surface area contributed by atoms with Crippen LogP contribution in [0.15, 0.2) is 6.20 Å². The Morgan fingerprint density at radius 2 is 2.19 bits per heavy atom. The van der Waals surface area contributed by atoms with Crippen LogP contribution in [-0.2, 0) is 0 Å². The van der Waals surface area contributed by atoms with E-state index in [2.05, 4.69) is 15.6 Å². The highest BCUT2D eigenvalue weighted by atomic mass is 32.1. The molecular formula is C20H33N3O3S. The number of β-amino-alcohol motifs (C(OH)–C–C–N with tert-alkyl or cyclic N) is 1. The van der Waals surface area contributed by atoms with Crippen LogP contribution >= 0.6 is 11.3 Å². The summed E-state index contributed by atoms with van der Waals surface area (Å²) in [5, 5.41) is 16.7. The molecule has 1 amide bonds. The zero-order valence-electron chi connectivity index (χ0n) is 16.7. The Morgan fingerprint density at radius 3 is 2.81 bits per heavy atom. The summed E-state index contributed by atoms with van der Waals surface area (Å²) in [5.41, 5.74) is 0.446. The zero-order valence-corrected chi connectivity index (χ0v) is 17.5. The molecule has 0 aromatic carbocycles. The number of hydrogen-bond acceptors (Lipinski definition) is 6. The lowest BCUT2D eigenvalue weighted by Crippen LogP contribution is -2.42. The number of aliphatic hydroxyl groups is 1. The van der Waals surface area contributed by atoms with Crippen LogP contribution in [0.4, 0.5) is 0 Å². The van der Waals surface area contributed by atoms with Crippen molar-refractivity contribution in [1.29, 1.82) is 0 Å². The molecule has 2 saturated carbocycles. The third kappa shape index (κ3) is 5.90. The number of amides is 1. The average Bonchev–Trinajstić information content (AvgIpc) is 3.33. The van der Waals surface area contributed by atoms with Gasteiger partial charge in [-0.15, -0.1) is 0 Å². The monoisotopic (exact) mass is 395 g/mol. The van der Waals surface area contributed by atoms with Crippen molar-refractivity contribution in [2.45, 2.75) is 70.9 Å². The molecular weight excluding hydrogens is 362 g/mol. The fourth-order valence-electron chi connectivity index (χ4n) is 4.27. The summed E-state index contributed by atoms with van der Waals surface area (Å²) in [6.45, 7) is 7.47. The van der Waals surface area contributed by atoms with Gasteiger partial charge in [0.15, 0.2) is 0 Å². The normalized spacial score (nSPS) is 25.6. The van der Waals surface area contributed by atoms with Crippen molar-refractivity contribution >= 4 is 17.2 Å². The van der Waals surface area contributed by atoms with Gasteiger partial charge in [0.05, 0.1) is 6.20 Å². The van der Waals surface area contributed by atoms with Gasteiger partial charge in [0, 0.05) is 18.6 Å². The predicted molar refractivity (Wildman–Crippen MR) is 107 cm³/mol. The van der Waals surface area contributed by atoms with Crippen molar-refractivity contribution in [1.82, 2.24) is 15.6 Å². The summed E-state index contributed by atoms with van der Waals surface area (Å²) in [4.78, 5) is 17.0. The molecule has 0 radical (unpaired) electrons. The molecule has 3 rings (SSSR count). The minimum absolute atomic E-state index is 0.0507. The van der Waals surface area contributed by atoms with Crippen LogP contribution in [-0.4, -0.2) is 47.3 Å². The van der Waals surface area contributed by atoms with E-state index in [1.807, 2.05) is 20.8 Å². The molecule has 2 aliphatic rings. The standard InChI is InChI=1S/C20H33N3O3S/c1-19(2,3)23-11-15(24)13-26-18-22-12-16(27-18)17(25)21-9-8-20-6-4-14(10-20)5-7-20/h12,14-15,23-24H,4-11,13H2,1-3H3,(H,21,25). The highest BCUT2D eigenvalue weighted by Crippen LogP contribution is 2.55. The molecule has 0 spiro atoms. The summed E-state index contributed by atoms with van der Waals surface area (Å²) < 4.78 is 5.53. The maximum absolute atomic E-state index is 12.3. The third-order valence-electron chi connectivity index (χ3n) is 5.80. The number of nitrogens with one attached hydrogen (secondary N) is 2. The number of thiazole rings is 1. The summed E-state index contributed by atoms with van der Waals surface area (Å²) in [5.74, 6) is 0.858. The van der Waals surface area contributed by atoms with Crippen molar-refractivity contribution in [3.63, 3.8) is 0 Å². The maximum atomic E-state index is 12.3. The van der Waals surface area contributed by atoms with Gasteiger partial charge in [-0.3, -0.25) is 4.79 Å². The van der Waals surface area contributed by atoms with E-state index in [-0.39, 0.29) is 18.1 Å². The van der Waals surface area contributed by atoms with Crippen molar-refractivity contribution in [2.24, 2.45) is 11.3 Å². The SMILES string of the molecule is CC(C)(C)NCC(O)COc1ncc(C(=O)NCCC23CCC(CC2)C3)s1. The van der Waals surface area contributed by atoms with E-state index in [1.165, 1.54) is 43.4 Å². The molecule has 2 bridgehead atoms. The van der Waals surface area contributed by atoms with Crippen LogP contribution in [0.1, 0.15) is 69.0 Å². The Kier molecular flexibility index (Phi) is 6.43. The first-order valence-electron chi connectivity index (χ1n) is 10.0. The number of aromatic nitrogens is 1. The van der Waals surface area contributed by atoms with Crippen LogP contribution < -0.4 is 15.4 Å². The van der Waals surface area contributed by atoms with Crippen LogP contribution in [0.2, 0.25) is 0 Å². The quantitative estimate of drug-likeness (QED) is 0.599. The van der Waals surface area contributed by atoms with E-state index in [4.69, 9.17) is 4.74 Å². The van der Waals surface area contributed by atoms with E-state index < -0.39 is 6.10 Å². The fourth-order valence-corrected chi connectivity index (χ4v) is 4.96. The van der Waals surface area contributed by atoms with Gasteiger partial charge in [0.1, 0.15) is 17.6 Å². The molecule has 1 heterocycles. The topological polar surface area (TPSA) is 83.5 Å². The lowest BCUT2D eigenvalue weighted by Gasteiger charge is -2.26. The molecule has 2 aliphatic carbocycles. The molecule has 2 fully saturated rings. The second-order valence-electron chi connectivity index (χ2n) is 9.24. The molecule has 3 N–H and O–H groups in total. The number of ether oxygens (including phenoxy) is 1. The Balaban J connectivity index is 1.37. The van der Waals surface area contributed by atoms with Crippen molar-refractivity contribution in [3.8, 4) is 5.19 Å². The molecule has 1 aromatic rings. The van der Waals surface area contributed by atoms with Crippen LogP contribution in [0.25, 0.3) is 0 Å². The van der Waals surface area contributed by atoms with Gasteiger partial charge in [-0.1, -0.05) is 11.3 Å². The number of fused-ring (bicyclic) bond motifs is 2. The van der Waals surface area contributed by atoms with Gasteiger partial charge in [0.2, 0.25) is 0 Å². The largest absolute Gasteiger partial charge is 0.467 e. The Bertz CT molecular complexity index is 633. The highest BCUT2D eigenvalue weighted by molar-refractivity contribution is 7.15. The first kappa shape index (κ1) is 20.6. The van der Waals surface area contributed by atoms with Gasteiger partial charge in [-0.05, 0) is 70.6 Å². The summed E-state index contributed by atoms with van der Waals surface area (Å²) >= 11 is 1.23. The van der Waals surface area contributed by atoms with Gasteiger partial charge in [-0.25, -0.2) is 4.98 Å². The van der Waals surface area contributed by atoms with E-state index in [9.17, 15) is 9.90 Å². The smallest absolute Gasteiger partial charge is 0.273 e. The van der Waals surface area contributed by atoms with E-state index in [1.54, 1.807) is 6.20 Å². The van der Waals surface area contributed by atoms with Crippen molar-refractivity contribution in [2.75, 3.05) is 19.7 Å². The van der Waals surface area contributed by atoms with Gasteiger partial charge < -0.3 is 20.5 Å². The van der Waals surface area contributed by atoms with E-state index in [0.29, 0.717) is 22.0 Å². The molecule has 0 saturated heterocycles. The molecule has 1 aromatic heterocycles. The van der Waals surface area contributed by atoms with Gasteiger partial charge in [-0.2, -0.15) is 0 Å². The molecule has 152 valence electrons. The van der Waals surface area contributed by atoms with E-state index in [0.717, 1.165) is 18.9 Å². The van der Waals surface area contributed by atoms with Crippen LogP contribution in [0, 0.1) is 11.3 Å². The summed E-state index contributed by atoms with van der Waals surface area (Å²) in [6, 6.07) is 0. The minimum Gasteiger partial charge on any atom is -0.467 e. The summed E-state index contributed by atoms with van der Waals surface area (Å²) in [6.07, 6.45) is 8.79. The molecule has 1 unspecified atom stereocenters. The van der Waals surface area contributed by atoms with Gasteiger partial charge >= 0.3 is 0 Å². The van der Waals surface area contributed by atoms with Crippen molar-refractivity contribution in [3.05, 3.63) is 11.1 Å². The lowest BCUT2D eigenvalue weighted by molar-refractivity contribution is 0.0950. The van der Waals surface area contributed by atoms with E-state index >= 15 is 0 Å². The van der Waals surface area contributed by atoms with Crippen molar-refractivity contribution < 1.29 is 14.6 Å². The van der Waals surface area contributed by atoms with Crippen LogP contribution in [0.3, 0.4) is 0 Å². The number of rotatable bonds is 9. The molecule has 6 nitrogen and oxygen atoms in total. The number of carbonyl (C=O) groups excluding carboxylic acids is 1. The number of nitrogens with zero attached hydrogens (tertiary/aromatic N) is 1. The average molecular weight is 396 g/mol. The molecule has 1 atom stereocenters. The first-order valence-corrected chi connectivity index (χ1v) is 10.9. The number of hydrogen-bond donors (Lipinski definition) is 3. The van der Waals surface area contributed by atoms with Gasteiger partial charge in [0.25, 0.3) is 11.1 Å². The molecule has 7 heteroatoms. The Hall–Kier alpha value is -1.18. The van der Waals surface area contributed by atoms with Crippen LogP contribution in [0.5, 0.6) is 5.19 Å². The Labute approximate surface area is 166 Å². The number of carbonyl (C=O) groups is 1. The summed E-state index contributed by atoms with van der Waals surface area (Å²) in [7, 11) is 0. The first-order chi connectivity index (χ1) is 12.7. The molecule has 0 aliphatic heterocycles. The Morgan fingerprint density at radius 1 is 1.44 bits per heavy atom. The predicted octanol–water partition coefficient (Wildman–Crippen LogP) is 2.97. The fraction of sp³-hybridized carbons (Fsp3) is 0.800. The maximum Gasteiger partial charge on any atom is 0.273 e. The zero-order chi connectivity index (χ0) is 19.5. The second kappa shape index (κ2) is 8.45. The highest BCUT2D eigenvalue weighted by Gasteiger charge is 2.44. The number of aliphatic hydroxyl groups excluding tert-OH is 1. The lowest BCUT2D eigenvalue weighted by atomic mass is 9.81. The minimum atomic E-state index is -0.619. The third-order valence-corrected chi connectivity index (χ3v) is 6.71.